The number of benzene rings is 1. The Kier molecular flexibility index (Phi) is 1.99. The molecule has 80 valence electrons. The van der Waals surface area contributed by atoms with E-state index in [1.54, 1.807) is 0 Å². The summed E-state index contributed by atoms with van der Waals surface area (Å²) in [6.07, 6.45) is 3.43. The van der Waals surface area contributed by atoms with Crippen LogP contribution in [-0.4, -0.2) is 11.2 Å². The van der Waals surface area contributed by atoms with Crippen molar-refractivity contribution in [3.63, 3.8) is 0 Å². The summed E-state index contributed by atoms with van der Waals surface area (Å²) in [6.45, 7) is 0. The van der Waals surface area contributed by atoms with E-state index in [0.717, 1.165) is 12.1 Å². The lowest BCUT2D eigenvalue weighted by Gasteiger charge is -2.23. The van der Waals surface area contributed by atoms with Crippen LogP contribution >= 0.6 is 0 Å². The first-order valence-corrected chi connectivity index (χ1v) is 5.80. The van der Waals surface area contributed by atoms with Gasteiger partial charge in [-0.15, -0.1) is 0 Å². The predicted octanol–water partition coefficient (Wildman–Crippen LogP) is 2.14. The molecule has 2 heteroatoms. The fourth-order valence-corrected chi connectivity index (χ4v) is 3.50. The molecule has 2 fully saturated rings. The van der Waals surface area contributed by atoms with Gasteiger partial charge in [0.25, 0.3) is 0 Å². The first-order valence-electron chi connectivity index (χ1n) is 5.80. The highest BCUT2D eigenvalue weighted by Gasteiger charge is 2.47. The van der Waals surface area contributed by atoms with Gasteiger partial charge in [-0.2, -0.15) is 0 Å². The number of para-hydroxylation sites is 1. The van der Waals surface area contributed by atoms with Crippen LogP contribution in [0.25, 0.3) is 0 Å². The quantitative estimate of drug-likeness (QED) is 0.687. The van der Waals surface area contributed by atoms with Crippen molar-refractivity contribution in [1.29, 1.82) is 0 Å². The van der Waals surface area contributed by atoms with Crippen LogP contribution in [0.2, 0.25) is 0 Å². The van der Waals surface area contributed by atoms with E-state index in [4.69, 9.17) is 5.73 Å². The van der Waals surface area contributed by atoms with Crippen molar-refractivity contribution in [2.45, 2.75) is 31.3 Å². The molecule has 0 aliphatic heterocycles. The molecule has 3 N–H and O–H groups in total. The molecule has 15 heavy (non-hydrogen) atoms. The average molecular weight is 203 g/mol. The van der Waals surface area contributed by atoms with Gasteiger partial charge in [0.2, 0.25) is 0 Å². The molecule has 2 aliphatic carbocycles. The second-order valence-corrected chi connectivity index (χ2v) is 4.96. The molecule has 0 heterocycles. The number of fused-ring (bicyclic) bond motifs is 2. The fourth-order valence-electron chi connectivity index (χ4n) is 3.50. The van der Waals surface area contributed by atoms with Gasteiger partial charge in [0.1, 0.15) is 0 Å². The summed E-state index contributed by atoms with van der Waals surface area (Å²) < 4.78 is 0. The molecule has 0 spiro atoms. The lowest BCUT2D eigenvalue weighted by Crippen LogP contribution is -2.15. The van der Waals surface area contributed by atoms with Crippen molar-refractivity contribution in [2.24, 2.45) is 11.8 Å². The van der Waals surface area contributed by atoms with E-state index in [0.29, 0.717) is 17.8 Å². The summed E-state index contributed by atoms with van der Waals surface area (Å²) >= 11 is 0. The van der Waals surface area contributed by atoms with E-state index in [2.05, 4.69) is 6.07 Å². The Balaban J connectivity index is 1.94. The van der Waals surface area contributed by atoms with E-state index in [1.807, 2.05) is 18.2 Å². The Morgan fingerprint density at radius 1 is 1.20 bits per heavy atom. The second kappa shape index (κ2) is 3.24. The van der Waals surface area contributed by atoms with Gasteiger partial charge in [-0.25, -0.2) is 0 Å². The molecule has 1 aromatic rings. The Labute approximate surface area is 90.1 Å². The highest BCUT2D eigenvalue weighted by Crippen LogP contribution is 2.53. The normalized spacial score (nSPS) is 38.5. The smallest absolute Gasteiger partial charge is 0.0602 e. The molecule has 0 aromatic heterocycles. The summed E-state index contributed by atoms with van der Waals surface area (Å²) in [5, 5.41) is 10.0. The van der Waals surface area contributed by atoms with Crippen LogP contribution in [-0.2, 0) is 0 Å². The molecule has 2 aliphatic rings. The molecule has 2 nitrogen and oxygen atoms in total. The van der Waals surface area contributed by atoms with Gasteiger partial charge in [-0.05, 0) is 48.6 Å². The predicted molar refractivity (Wildman–Crippen MR) is 60.4 cm³/mol. The van der Waals surface area contributed by atoms with Crippen molar-refractivity contribution in [3.8, 4) is 0 Å². The number of nitrogen functional groups attached to an aromatic ring is 1. The van der Waals surface area contributed by atoms with Crippen molar-refractivity contribution >= 4 is 5.69 Å². The Hall–Kier alpha value is -1.02. The molecule has 0 radical (unpaired) electrons. The third-order valence-electron chi connectivity index (χ3n) is 4.26. The molecule has 3 rings (SSSR count). The monoisotopic (exact) mass is 203 g/mol. The van der Waals surface area contributed by atoms with Crippen molar-refractivity contribution in [1.82, 2.24) is 0 Å². The summed E-state index contributed by atoms with van der Waals surface area (Å²) in [4.78, 5) is 0. The molecule has 2 saturated carbocycles. The zero-order valence-corrected chi connectivity index (χ0v) is 8.76. The van der Waals surface area contributed by atoms with E-state index in [-0.39, 0.29) is 6.10 Å². The SMILES string of the molecule is Nc1ccccc1[C@H]1C[C@H]2CC[C@@H]1[C@@H]2O. The number of rotatable bonds is 1. The molecule has 0 unspecified atom stereocenters. The lowest BCUT2D eigenvalue weighted by atomic mass is 9.83. The lowest BCUT2D eigenvalue weighted by molar-refractivity contribution is 0.126. The zero-order valence-electron chi connectivity index (χ0n) is 8.76. The second-order valence-electron chi connectivity index (χ2n) is 4.96. The first-order chi connectivity index (χ1) is 7.27. The number of aliphatic hydroxyl groups is 1. The molecular weight excluding hydrogens is 186 g/mol. The molecule has 4 atom stereocenters. The molecule has 0 amide bonds. The van der Waals surface area contributed by atoms with Gasteiger partial charge < -0.3 is 10.8 Å². The van der Waals surface area contributed by atoms with E-state index >= 15 is 0 Å². The molecule has 2 bridgehead atoms. The summed E-state index contributed by atoms with van der Waals surface area (Å²) in [5.74, 6) is 1.49. The summed E-state index contributed by atoms with van der Waals surface area (Å²) in [7, 11) is 0. The minimum atomic E-state index is -0.0744. The number of aliphatic hydroxyl groups excluding tert-OH is 1. The summed E-state index contributed by atoms with van der Waals surface area (Å²) in [5.41, 5.74) is 8.14. The van der Waals surface area contributed by atoms with Crippen LogP contribution in [0.1, 0.15) is 30.7 Å². The van der Waals surface area contributed by atoms with Gasteiger partial charge in [0.05, 0.1) is 6.10 Å². The van der Waals surface area contributed by atoms with Gasteiger partial charge in [0.15, 0.2) is 0 Å². The largest absolute Gasteiger partial charge is 0.398 e. The van der Waals surface area contributed by atoms with Crippen molar-refractivity contribution < 1.29 is 5.11 Å². The zero-order chi connectivity index (χ0) is 10.4. The van der Waals surface area contributed by atoms with Crippen LogP contribution in [0.5, 0.6) is 0 Å². The highest BCUT2D eigenvalue weighted by atomic mass is 16.3. The van der Waals surface area contributed by atoms with Gasteiger partial charge in [-0.3, -0.25) is 0 Å². The van der Waals surface area contributed by atoms with Crippen LogP contribution in [0.15, 0.2) is 24.3 Å². The third kappa shape index (κ3) is 1.28. The fraction of sp³-hybridized carbons (Fsp3) is 0.538. The number of hydrogen-bond acceptors (Lipinski definition) is 2. The van der Waals surface area contributed by atoms with Crippen LogP contribution in [0.4, 0.5) is 5.69 Å². The van der Waals surface area contributed by atoms with E-state index in [1.165, 1.54) is 18.4 Å². The Morgan fingerprint density at radius 3 is 2.60 bits per heavy atom. The van der Waals surface area contributed by atoms with Gasteiger partial charge in [-0.1, -0.05) is 18.2 Å². The van der Waals surface area contributed by atoms with Crippen LogP contribution in [0, 0.1) is 11.8 Å². The highest BCUT2D eigenvalue weighted by molar-refractivity contribution is 5.49. The van der Waals surface area contributed by atoms with Crippen molar-refractivity contribution in [2.75, 3.05) is 5.73 Å². The molecule has 0 saturated heterocycles. The van der Waals surface area contributed by atoms with E-state index < -0.39 is 0 Å². The molecule has 1 aromatic carbocycles. The Morgan fingerprint density at radius 2 is 2.00 bits per heavy atom. The van der Waals surface area contributed by atoms with Crippen LogP contribution in [0.3, 0.4) is 0 Å². The minimum Gasteiger partial charge on any atom is -0.398 e. The van der Waals surface area contributed by atoms with Crippen molar-refractivity contribution in [3.05, 3.63) is 29.8 Å². The van der Waals surface area contributed by atoms with Gasteiger partial charge in [0, 0.05) is 5.69 Å². The summed E-state index contributed by atoms with van der Waals surface area (Å²) in [6, 6.07) is 8.10. The Bertz CT molecular complexity index is 377. The maximum Gasteiger partial charge on any atom is 0.0602 e. The topological polar surface area (TPSA) is 46.2 Å². The maximum atomic E-state index is 10.0. The number of anilines is 1. The maximum absolute atomic E-state index is 10.0. The molecular formula is C13H17NO. The standard InChI is InChI=1S/C13H17NO/c14-12-4-2-1-3-9(12)11-7-8-5-6-10(11)13(8)15/h1-4,8,10-11,13,15H,5-7,14H2/t8-,10+,11-,13-/m1/s1. The van der Waals surface area contributed by atoms with E-state index in [9.17, 15) is 5.11 Å². The van der Waals surface area contributed by atoms with Gasteiger partial charge >= 0.3 is 0 Å². The minimum absolute atomic E-state index is 0.0744. The third-order valence-corrected chi connectivity index (χ3v) is 4.26. The number of nitrogens with two attached hydrogens (primary N) is 1. The number of hydrogen-bond donors (Lipinski definition) is 2. The van der Waals surface area contributed by atoms with Crippen LogP contribution < -0.4 is 5.73 Å². The average Bonchev–Trinajstić information content (AvgIpc) is 2.75. The first kappa shape index (κ1) is 9.22.